The molecule has 1 unspecified atom stereocenters. The molecule has 1 atom stereocenters. The number of aromatic nitrogens is 2. The molecule has 1 saturated carbocycles. The summed E-state index contributed by atoms with van der Waals surface area (Å²) in [6, 6.07) is 3.82. The van der Waals surface area contributed by atoms with Crippen LogP contribution in [-0.2, 0) is 7.05 Å². The van der Waals surface area contributed by atoms with Gasteiger partial charge in [-0.15, -0.1) is 0 Å². The predicted molar refractivity (Wildman–Crippen MR) is 84.4 cm³/mol. The van der Waals surface area contributed by atoms with Gasteiger partial charge in [-0.3, -0.25) is 9.48 Å². The van der Waals surface area contributed by atoms with Crippen LogP contribution in [0.5, 0.6) is 0 Å². The Morgan fingerprint density at radius 2 is 2.18 bits per heavy atom. The highest BCUT2D eigenvalue weighted by molar-refractivity contribution is 5.99. The number of carbonyl (C=O) groups is 1. The third kappa shape index (κ3) is 3.08. The highest BCUT2D eigenvalue weighted by atomic mass is 16.3. The molecule has 5 nitrogen and oxygen atoms in total. The summed E-state index contributed by atoms with van der Waals surface area (Å²) in [4.78, 5) is 12.6. The van der Waals surface area contributed by atoms with Crippen LogP contribution in [0.15, 0.2) is 29.0 Å². The van der Waals surface area contributed by atoms with Gasteiger partial charge in [0.2, 0.25) is 0 Å². The summed E-state index contributed by atoms with van der Waals surface area (Å²) in [5.41, 5.74) is 1.17. The van der Waals surface area contributed by atoms with Crippen LogP contribution in [-0.4, -0.2) is 21.7 Å². The van der Waals surface area contributed by atoms with E-state index < -0.39 is 0 Å². The topological polar surface area (TPSA) is 60.1 Å². The zero-order valence-corrected chi connectivity index (χ0v) is 13.2. The van der Waals surface area contributed by atoms with Crippen molar-refractivity contribution in [2.75, 3.05) is 0 Å². The lowest BCUT2D eigenvalue weighted by Gasteiger charge is -2.28. The molecule has 5 heteroatoms. The number of carbonyl (C=O) groups excluding carboxylic acids is 1. The van der Waals surface area contributed by atoms with Crippen LogP contribution in [0.2, 0.25) is 0 Å². The van der Waals surface area contributed by atoms with Crippen LogP contribution in [0.1, 0.15) is 49.4 Å². The highest BCUT2D eigenvalue weighted by Gasteiger charge is 2.24. The smallest absolute Gasteiger partial charge is 0.255 e. The number of nitrogens with one attached hydrogen (secondary N) is 1. The summed E-state index contributed by atoms with van der Waals surface area (Å²) >= 11 is 0. The second kappa shape index (κ2) is 6.38. The monoisotopic (exact) mass is 301 g/mol. The van der Waals surface area contributed by atoms with Gasteiger partial charge in [0.15, 0.2) is 5.76 Å². The van der Waals surface area contributed by atoms with Crippen LogP contribution in [0, 0.1) is 5.92 Å². The van der Waals surface area contributed by atoms with Gasteiger partial charge in [-0.1, -0.05) is 19.3 Å². The third-order valence-corrected chi connectivity index (χ3v) is 4.54. The summed E-state index contributed by atoms with van der Waals surface area (Å²) in [5.74, 6) is 1.13. The van der Waals surface area contributed by atoms with Gasteiger partial charge in [-0.05, 0) is 37.8 Å². The molecule has 0 bridgehead atoms. The molecule has 22 heavy (non-hydrogen) atoms. The number of furan rings is 1. The maximum Gasteiger partial charge on any atom is 0.255 e. The van der Waals surface area contributed by atoms with E-state index in [0.29, 0.717) is 22.9 Å². The van der Waals surface area contributed by atoms with Crippen LogP contribution in [0.25, 0.3) is 11.5 Å². The third-order valence-electron chi connectivity index (χ3n) is 4.54. The molecule has 0 saturated heterocycles. The summed E-state index contributed by atoms with van der Waals surface area (Å²) in [7, 11) is 1.81. The lowest BCUT2D eigenvalue weighted by atomic mass is 9.84. The Kier molecular flexibility index (Phi) is 4.32. The Morgan fingerprint density at radius 1 is 1.41 bits per heavy atom. The molecule has 1 N–H and O–H groups in total. The molecular weight excluding hydrogens is 278 g/mol. The van der Waals surface area contributed by atoms with Crippen molar-refractivity contribution in [1.82, 2.24) is 15.1 Å². The number of aryl methyl sites for hydroxylation is 1. The number of hydrogen-bond donors (Lipinski definition) is 1. The standard InChI is InChI=1S/C17H23N3O2/c1-12(13-7-4-3-5-8-13)18-17(21)14-11-20(2)19-16(14)15-9-6-10-22-15/h6,9-13H,3-5,7-8H2,1-2H3,(H,18,21). The first-order valence-electron chi connectivity index (χ1n) is 8.03. The van der Waals surface area contributed by atoms with Gasteiger partial charge in [-0.25, -0.2) is 0 Å². The van der Waals surface area contributed by atoms with Crippen molar-refractivity contribution in [1.29, 1.82) is 0 Å². The summed E-state index contributed by atoms with van der Waals surface area (Å²) < 4.78 is 7.04. The predicted octanol–water partition coefficient (Wildman–Crippen LogP) is 3.38. The Bertz CT molecular complexity index is 624. The molecule has 0 aromatic carbocycles. The van der Waals surface area contributed by atoms with Crippen LogP contribution >= 0.6 is 0 Å². The zero-order valence-electron chi connectivity index (χ0n) is 13.2. The second-order valence-electron chi connectivity index (χ2n) is 6.20. The molecule has 1 aliphatic rings. The Hall–Kier alpha value is -2.04. The van der Waals surface area contributed by atoms with Crippen molar-refractivity contribution < 1.29 is 9.21 Å². The Morgan fingerprint density at radius 3 is 2.86 bits per heavy atom. The largest absolute Gasteiger partial charge is 0.463 e. The van der Waals surface area contributed by atoms with Gasteiger partial charge in [0.25, 0.3) is 5.91 Å². The van der Waals surface area contributed by atoms with Crippen molar-refractivity contribution >= 4 is 5.91 Å². The molecule has 1 fully saturated rings. The molecule has 2 heterocycles. The Balaban J connectivity index is 1.75. The van der Waals surface area contributed by atoms with E-state index in [0.717, 1.165) is 0 Å². The number of rotatable bonds is 4. The zero-order chi connectivity index (χ0) is 15.5. The van der Waals surface area contributed by atoms with E-state index in [4.69, 9.17) is 4.42 Å². The lowest BCUT2D eigenvalue weighted by molar-refractivity contribution is 0.0919. The number of nitrogens with zero attached hydrogens (tertiary/aromatic N) is 2. The van der Waals surface area contributed by atoms with Gasteiger partial charge < -0.3 is 9.73 Å². The summed E-state index contributed by atoms with van der Waals surface area (Å²) in [5, 5.41) is 7.50. The van der Waals surface area contributed by atoms with Crippen molar-refractivity contribution in [3.63, 3.8) is 0 Å². The number of hydrogen-bond acceptors (Lipinski definition) is 3. The molecule has 0 radical (unpaired) electrons. The molecule has 2 aromatic heterocycles. The maximum absolute atomic E-state index is 12.6. The average Bonchev–Trinajstić information content (AvgIpc) is 3.17. The fourth-order valence-electron chi connectivity index (χ4n) is 3.29. The molecular formula is C17H23N3O2. The van der Waals surface area contributed by atoms with E-state index in [1.807, 2.05) is 13.1 Å². The molecule has 3 rings (SSSR count). The minimum absolute atomic E-state index is 0.0717. The SMILES string of the molecule is CC(NC(=O)c1cn(C)nc1-c1ccco1)C1CCCCC1. The van der Waals surface area contributed by atoms with Crippen LogP contribution in [0.3, 0.4) is 0 Å². The fraction of sp³-hybridized carbons (Fsp3) is 0.529. The van der Waals surface area contributed by atoms with Gasteiger partial charge in [0, 0.05) is 19.3 Å². The minimum atomic E-state index is -0.0717. The molecule has 1 aliphatic carbocycles. The van der Waals surface area contributed by atoms with Crippen molar-refractivity contribution in [2.45, 2.75) is 45.1 Å². The van der Waals surface area contributed by atoms with Crippen molar-refractivity contribution in [3.8, 4) is 11.5 Å². The lowest BCUT2D eigenvalue weighted by Crippen LogP contribution is -2.38. The fourth-order valence-corrected chi connectivity index (χ4v) is 3.29. The molecule has 0 aliphatic heterocycles. The molecule has 118 valence electrons. The molecule has 2 aromatic rings. The van der Waals surface area contributed by atoms with E-state index in [1.165, 1.54) is 32.1 Å². The first-order valence-corrected chi connectivity index (χ1v) is 8.03. The highest BCUT2D eigenvalue weighted by Crippen LogP contribution is 2.27. The van der Waals surface area contributed by atoms with Crippen LogP contribution < -0.4 is 5.32 Å². The summed E-state index contributed by atoms with van der Waals surface area (Å²) in [6.45, 7) is 2.11. The number of amides is 1. The van der Waals surface area contributed by atoms with Gasteiger partial charge in [0.05, 0.1) is 11.8 Å². The minimum Gasteiger partial charge on any atom is -0.463 e. The second-order valence-corrected chi connectivity index (χ2v) is 6.20. The maximum atomic E-state index is 12.6. The van der Waals surface area contributed by atoms with Gasteiger partial charge >= 0.3 is 0 Å². The van der Waals surface area contributed by atoms with Crippen molar-refractivity contribution in [2.24, 2.45) is 13.0 Å². The normalized spacial score (nSPS) is 17.4. The average molecular weight is 301 g/mol. The van der Waals surface area contributed by atoms with Crippen LogP contribution in [0.4, 0.5) is 0 Å². The van der Waals surface area contributed by atoms with Crippen molar-refractivity contribution in [3.05, 3.63) is 30.2 Å². The van der Waals surface area contributed by atoms with E-state index in [9.17, 15) is 4.79 Å². The Labute approximate surface area is 130 Å². The first-order chi connectivity index (χ1) is 10.6. The first kappa shape index (κ1) is 14.9. The molecule has 1 amide bonds. The van der Waals surface area contributed by atoms with E-state index in [1.54, 1.807) is 23.2 Å². The van der Waals surface area contributed by atoms with E-state index >= 15 is 0 Å². The quantitative estimate of drug-likeness (QED) is 0.941. The van der Waals surface area contributed by atoms with Gasteiger partial charge in [-0.2, -0.15) is 5.10 Å². The van der Waals surface area contributed by atoms with E-state index in [2.05, 4.69) is 17.3 Å². The summed E-state index contributed by atoms with van der Waals surface area (Å²) in [6.07, 6.45) is 9.63. The molecule has 0 spiro atoms. The van der Waals surface area contributed by atoms with E-state index in [-0.39, 0.29) is 11.9 Å². The van der Waals surface area contributed by atoms with Gasteiger partial charge in [0.1, 0.15) is 5.69 Å².